The van der Waals surface area contributed by atoms with Crippen molar-refractivity contribution >= 4 is 45.2 Å². The zero-order valence-electron chi connectivity index (χ0n) is 20.1. The zero-order chi connectivity index (χ0) is 26.1. The van der Waals surface area contributed by atoms with E-state index in [4.69, 9.17) is 4.74 Å². The van der Waals surface area contributed by atoms with Crippen molar-refractivity contribution in [3.63, 3.8) is 0 Å². The number of ether oxygens (including phenoxy) is 1. The third-order valence-electron chi connectivity index (χ3n) is 6.37. The van der Waals surface area contributed by atoms with Gasteiger partial charge in [0.05, 0.1) is 16.8 Å². The molecule has 188 valence electrons. The first kappa shape index (κ1) is 23.2. The van der Waals surface area contributed by atoms with E-state index in [0.29, 0.717) is 34.6 Å². The van der Waals surface area contributed by atoms with Gasteiger partial charge in [-0.15, -0.1) is 0 Å². The Kier molecular flexibility index (Phi) is 5.89. The fourth-order valence-corrected chi connectivity index (χ4v) is 4.51. The van der Waals surface area contributed by atoms with Crippen molar-refractivity contribution in [2.24, 2.45) is 0 Å². The van der Waals surface area contributed by atoms with E-state index >= 15 is 0 Å². The van der Waals surface area contributed by atoms with Crippen LogP contribution in [0.3, 0.4) is 0 Å². The molecule has 0 aliphatic carbocycles. The van der Waals surface area contributed by atoms with Crippen LogP contribution < -0.4 is 20.7 Å². The summed E-state index contributed by atoms with van der Waals surface area (Å²) in [7, 11) is 0. The minimum absolute atomic E-state index is 0.0217. The molecule has 10 nitrogen and oxygen atoms in total. The smallest absolute Gasteiger partial charge is 0.272 e. The average molecular weight is 507 g/mol. The maximum atomic E-state index is 13.0. The monoisotopic (exact) mass is 506 g/mol. The largest absolute Gasteiger partial charge is 0.482 e. The Labute approximate surface area is 216 Å². The molecule has 1 aliphatic heterocycles. The molecule has 0 saturated heterocycles. The number of carbonyl (C=O) groups excluding carboxylic acids is 3. The molecule has 0 bridgehead atoms. The number of anilines is 1. The third-order valence-corrected chi connectivity index (χ3v) is 6.37. The lowest BCUT2D eigenvalue weighted by molar-refractivity contribution is -0.118. The number of fused-ring (bicyclic) bond motifs is 3. The Hall–Kier alpha value is -5.25. The number of rotatable bonds is 6. The van der Waals surface area contributed by atoms with E-state index in [1.807, 2.05) is 42.5 Å². The number of amides is 3. The fourth-order valence-electron chi connectivity index (χ4n) is 4.51. The van der Waals surface area contributed by atoms with Crippen LogP contribution in [-0.2, 0) is 17.9 Å². The highest BCUT2D eigenvalue weighted by Gasteiger charge is 2.20. The second-order valence-corrected chi connectivity index (χ2v) is 8.82. The van der Waals surface area contributed by atoms with E-state index in [0.717, 1.165) is 21.9 Å². The molecule has 6 rings (SSSR count). The molecule has 3 heterocycles. The molecular formula is C28H22N6O4. The maximum Gasteiger partial charge on any atom is 0.272 e. The van der Waals surface area contributed by atoms with Gasteiger partial charge in [0.15, 0.2) is 12.3 Å². The predicted molar refractivity (Wildman–Crippen MR) is 141 cm³/mol. The van der Waals surface area contributed by atoms with Gasteiger partial charge in [-0.3, -0.25) is 14.4 Å². The number of nitrogens with zero attached hydrogens (tertiary/aromatic N) is 2. The topological polar surface area (TPSA) is 138 Å². The lowest BCUT2D eigenvalue weighted by Gasteiger charge is -2.18. The number of carbonyl (C=O) groups is 3. The normalized spacial score (nSPS) is 12.5. The molecule has 1 aliphatic rings. The Balaban J connectivity index is 1.16. The van der Waals surface area contributed by atoms with Crippen LogP contribution in [0.1, 0.15) is 32.0 Å². The maximum absolute atomic E-state index is 13.0. The number of hydrogen-bond acceptors (Lipinski definition) is 6. The van der Waals surface area contributed by atoms with Gasteiger partial charge in [-0.05, 0) is 34.0 Å². The molecule has 3 amide bonds. The molecular weight excluding hydrogens is 484 g/mol. The van der Waals surface area contributed by atoms with E-state index in [1.165, 1.54) is 12.5 Å². The van der Waals surface area contributed by atoms with Crippen molar-refractivity contribution in [3.05, 3.63) is 95.6 Å². The van der Waals surface area contributed by atoms with Crippen molar-refractivity contribution in [2.45, 2.75) is 13.1 Å². The Morgan fingerprint density at radius 2 is 1.79 bits per heavy atom. The average Bonchev–Trinajstić information content (AvgIpc) is 3.39. The molecule has 38 heavy (non-hydrogen) atoms. The molecule has 5 aromatic rings. The summed E-state index contributed by atoms with van der Waals surface area (Å²) < 4.78 is 5.36. The predicted octanol–water partition coefficient (Wildman–Crippen LogP) is 3.30. The van der Waals surface area contributed by atoms with E-state index in [-0.39, 0.29) is 30.7 Å². The first-order valence-electron chi connectivity index (χ1n) is 12.0. The summed E-state index contributed by atoms with van der Waals surface area (Å²) in [4.78, 5) is 48.9. The van der Waals surface area contributed by atoms with E-state index < -0.39 is 5.91 Å². The van der Waals surface area contributed by atoms with Gasteiger partial charge < -0.3 is 25.7 Å². The number of benzene rings is 3. The molecule has 0 spiro atoms. The number of hydrogen-bond donors (Lipinski definition) is 4. The molecule has 0 radical (unpaired) electrons. The molecule has 0 fully saturated rings. The minimum Gasteiger partial charge on any atom is -0.482 e. The van der Waals surface area contributed by atoms with E-state index in [2.05, 4.69) is 30.9 Å². The fraction of sp³-hybridized carbons (Fsp3) is 0.107. The lowest BCUT2D eigenvalue weighted by Crippen LogP contribution is -2.26. The first-order valence-corrected chi connectivity index (χ1v) is 12.0. The standard InChI is InChI=1S/C28H22N6O4/c35-23-14-38-22-9-8-16(10-21(22)34-23)11-30-28(37)26-25-24(32-15-33-26)20(13-29-25)27(36)31-12-18-6-3-5-17-4-1-2-7-19(17)18/h1-10,13,15,29H,11-12,14H2,(H,30,37)(H,31,36)(H,34,35). The summed E-state index contributed by atoms with van der Waals surface area (Å²) in [5.74, 6) is -0.395. The second-order valence-electron chi connectivity index (χ2n) is 8.82. The SMILES string of the molecule is O=C1COc2ccc(CNC(=O)c3ncnc4c(C(=O)NCc5cccc6ccccc56)c[nH]c34)cc2N1. The van der Waals surface area contributed by atoms with Crippen molar-refractivity contribution < 1.29 is 19.1 Å². The minimum atomic E-state index is -0.431. The van der Waals surface area contributed by atoms with Gasteiger partial charge in [0.2, 0.25) is 0 Å². The molecule has 0 unspecified atom stereocenters. The number of aromatic amines is 1. The van der Waals surface area contributed by atoms with Crippen molar-refractivity contribution in [2.75, 3.05) is 11.9 Å². The highest BCUT2D eigenvalue weighted by molar-refractivity contribution is 6.10. The summed E-state index contributed by atoms with van der Waals surface area (Å²) in [6, 6.07) is 19.3. The van der Waals surface area contributed by atoms with Gasteiger partial charge in [0, 0.05) is 19.3 Å². The van der Waals surface area contributed by atoms with Crippen LogP contribution >= 0.6 is 0 Å². The molecule has 10 heteroatoms. The van der Waals surface area contributed by atoms with Gasteiger partial charge in [0.1, 0.15) is 17.6 Å². The van der Waals surface area contributed by atoms with Crippen LogP contribution in [0.2, 0.25) is 0 Å². The Morgan fingerprint density at radius 3 is 2.71 bits per heavy atom. The summed E-state index contributed by atoms with van der Waals surface area (Å²) in [6.45, 7) is 0.524. The summed E-state index contributed by atoms with van der Waals surface area (Å²) >= 11 is 0. The summed E-state index contributed by atoms with van der Waals surface area (Å²) in [6.07, 6.45) is 2.79. The van der Waals surface area contributed by atoms with Crippen molar-refractivity contribution in [1.29, 1.82) is 0 Å². The third kappa shape index (κ3) is 4.39. The van der Waals surface area contributed by atoms with E-state index in [9.17, 15) is 14.4 Å². The second kappa shape index (κ2) is 9.66. The van der Waals surface area contributed by atoms with Crippen LogP contribution in [0.25, 0.3) is 21.8 Å². The molecule has 4 N–H and O–H groups in total. The first-order chi connectivity index (χ1) is 18.6. The van der Waals surface area contributed by atoms with Crippen LogP contribution in [0.15, 0.2) is 73.2 Å². The Morgan fingerprint density at radius 1 is 0.947 bits per heavy atom. The molecule has 2 aromatic heterocycles. The van der Waals surface area contributed by atoms with Gasteiger partial charge in [-0.2, -0.15) is 0 Å². The van der Waals surface area contributed by atoms with Crippen LogP contribution in [0.4, 0.5) is 5.69 Å². The summed E-state index contributed by atoms with van der Waals surface area (Å²) in [5.41, 5.74) is 3.49. The van der Waals surface area contributed by atoms with Crippen molar-refractivity contribution in [3.8, 4) is 5.75 Å². The van der Waals surface area contributed by atoms with Gasteiger partial charge in [0.25, 0.3) is 17.7 Å². The molecule has 0 atom stereocenters. The van der Waals surface area contributed by atoms with Gasteiger partial charge in [-0.25, -0.2) is 9.97 Å². The number of aromatic nitrogens is 3. The molecule has 3 aromatic carbocycles. The van der Waals surface area contributed by atoms with Crippen LogP contribution in [0.5, 0.6) is 5.75 Å². The molecule has 0 saturated carbocycles. The number of nitrogens with one attached hydrogen (secondary N) is 4. The number of H-pyrrole nitrogens is 1. The highest BCUT2D eigenvalue weighted by Crippen LogP contribution is 2.28. The quantitative estimate of drug-likeness (QED) is 0.279. The summed E-state index contributed by atoms with van der Waals surface area (Å²) in [5, 5.41) is 10.7. The lowest BCUT2D eigenvalue weighted by atomic mass is 10.0. The zero-order valence-corrected chi connectivity index (χ0v) is 20.1. The van der Waals surface area contributed by atoms with Gasteiger partial charge >= 0.3 is 0 Å². The Bertz CT molecular complexity index is 1720. The van der Waals surface area contributed by atoms with Crippen molar-refractivity contribution in [1.82, 2.24) is 25.6 Å². The van der Waals surface area contributed by atoms with Gasteiger partial charge in [-0.1, -0.05) is 48.5 Å². The van der Waals surface area contributed by atoms with Crippen LogP contribution in [-0.4, -0.2) is 39.3 Å². The van der Waals surface area contributed by atoms with E-state index in [1.54, 1.807) is 18.2 Å². The highest BCUT2D eigenvalue weighted by atomic mass is 16.5. The van der Waals surface area contributed by atoms with Crippen LogP contribution in [0, 0.1) is 0 Å².